The smallest absolute Gasteiger partial charge is 0.136 e. The van der Waals surface area contributed by atoms with Gasteiger partial charge in [0.1, 0.15) is 5.76 Å². The van der Waals surface area contributed by atoms with Crippen molar-refractivity contribution in [2.24, 2.45) is 5.73 Å². The number of likely N-dealkylation sites (N-methyl/N-ethyl adjacent to an activating group) is 1. The van der Waals surface area contributed by atoms with Gasteiger partial charge < -0.3 is 10.2 Å². The van der Waals surface area contributed by atoms with Crippen LogP contribution in [0.5, 0.6) is 0 Å². The van der Waals surface area contributed by atoms with Crippen molar-refractivity contribution in [1.82, 2.24) is 4.90 Å². The molecular weight excluding hydrogens is 256 g/mol. The number of nitrogens with zero attached hydrogens (tertiary/aromatic N) is 1. The second kappa shape index (κ2) is 5.68. The minimum Gasteiger partial charge on any atom is -0.466 e. The number of nitrogens with two attached hydrogens (primary N) is 1. The second-order valence-electron chi connectivity index (χ2n) is 3.81. The Morgan fingerprint density at radius 3 is 2.53 bits per heavy atom. The quantitative estimate of drug-likeness (QED) is 0.898. The molecule has 0 fully saturated rings. The van der Waals surface area contributed by atoms with Gasteiger partial charge in [0, 0.05) is 12.6 Å². The fraction of sp³-hybridized carbons (Fsp3) is 0.636. The Balaban J connectivity index is 2.92. The first kappa shape index (κ1) is 12.7. The lowest BCUT2D eigenvalue weighted by Crippen LogP contribution is -2.38. The van der Waals surface area contributed by atoms with Crippen LogP contribution in [0, 0.1) is 0 Å². The molecule has 15 heavy (non-hydrogen) atoms. The lowest BCUT2D eigenvalue weighted by molar-refractivity contribution is 0.147. The summed E-state index contributed by atoms with van der Waals surface area (Å²) in [6.07, 6.45) is 1.69. The van der Waals surface area contributed by atoms with Gasteiger partial charge in [0.25, 0.3) is 0 Å². The summed E-state index contributed by atoms with van der Waals surface area (Å²) in [7, 11) is 0. The first-order valence-corrected chi connectivity index (χ1v) is 6.09. The molecule has 0 aliphatic carbocycles. The van der Waals surface area contributed by atoms with E-state index in [0.717, 1.165) is 16.8 Å². The van der Waals surface area contributed by atoms with Crippen LogP contribution >= 0.6 is 15.9 Å². The van der Waals surface area contributed by atoms with Crippen molar-refractivity contribution in [2.45, 2.75) is 32.9 Å². The predicted octanol–water partition coefficient (Wildman–Crippen LogP) is 2.77. The van der Waals surface area contributed by atoms with Crippen molar-refractivity contribution in [1.29, 1.82) is 0 Å². The zero-order valence-electron chi connectivity index (χ0n) is 9.53. The van der Waals surface area contributed by atoms with E-state index in [1.54, 1.807) is 6.26 Å². The van der Waals surface area contributed by atoms with Crippen molar-refractivity contribution in [3.8, 4) is 0 Å². The third kappa shape index (κ3) is 2.83. The molecule has 4 heteroatoms. The highest BCUT2D eigenvalue weighted by molar-refractivity contribution is 9.10. The average molecular weight is 275 g/mol. The monoisotopic (exact) mass is 274 g/mol. The fourth-order valence-corrected chi connectivity index (χ4v) is 2.35. The van der Waals surface area contributed by atoms with E-state index >= 15 is 0 Å². The molecule has 1 heterocycles. The lowest BCUT2D eigenvalue weighted by atomic mass is 10.1. The van der Waals surface area contributed by atoms with Crippen molar-refractivity contribution in [3.05, 3.63) is 22.6 Å². The molecular formula is C11H19BrN2O. The Kier molecular flexibility index (Phi) is 4.83. The van der Waals surface area contributed by atoms with E-state index in [-0.39, 0.29) is 6.04 Å². The van der Waals surface area contributed by atoms with E-state index in [1.807, 2.05) is 6.07 Å². The largest absolute Gasteiger partial charge is 0.466 e. The molecule has 1 rings (SSSR count). The van der Waals surface area contributed by atoms with E-state index in [2.05, 4.69) is 41.6 Å². The highest BCUT2D eigenvalue weighted by Crippen LogP contribution is 2.29. The minimum atomic E-state index is 0.152. The summed E-state index contributed by atoms with van der Waals surface area (Å²) in [5.41, 5.74) is 5.82. The van der Waals surface area contributed by atoms with Crippen molar-refractivity contribution in [3.63, 3.8) is 0 Å². The zero-order valence-corrected chi connectivity index (χ0v) is 11.1. The number of halogens is 1. The number of furan rings is 1. The number of rotatable bonds is 5. The van der Waals surface area contributed by atoms with E-state index in [0.29, 0.717) is 12.6 Å². The average Bonchev–Trinajstić information content (AvgIpc) is 2.60. The maximum Gasteiger partial charge on any atom is 0.136 e. The van der Waals surface area contributed by atoms with Crippen LogP contribution in [0.1, 0.15) is 32.6 Å². The normalized spacial score (nSPS) is 13.8. The van der Waals surface area contributed by atoms with Gasteiger partial charge in [-0.05, 0) is 42.4 Å². The minimum absolute atomic E-state index is 0.152. The first-order chi connectivity index (χ1) is 7.11. The molecule has 0 spiro atoms. The Labute approximate surface area is 99.7 Å². The van der Waals surface area contributed by atoms with Gasteiger partial charge in [-0.1, -0.05) is 6.92 Å². The van der Waals surface area contributed by atoms with E-state index < -0.39 is 0 Å². The number of hydrogen-bond acceptors (Lipinski definition) is 3. The molecule has 1 atom stereocenters. The standard InChI is InChI=1S/C11H19BrN2O/c1-4-14(8(2)3)10(7-13)11-9(12)5-6-15-11/h5-6,8,10H,4,7,13H2,1-3H3. The highest BCUT2D eigenvalue weighted by Gasteiger charge is 2.24. The third-order valence-electron chi connectivity index (χ3n) is 2.60. The van der Waals surface area contributed by atoms with Gasteiger partial charge >= 0.3 is 0 Å². The van der Waals surface area contributed by atoms with Gasteiger partial charge in [-0.25, -0.2) is 0 Å². The van der Waals surface area contributed by atoms with Crippen molar-refractivity contribution in [2.75, 3.05) is 13.1 Å². The molecule has 1 unspecified atom stereocenters. The molecule has 0 aliphatic rings. The summed E-state index contributed by atoms with van der Waals surface area (Å²) < 4.78 is 6.48. The molecule has 0 radical (unpaired) electrons. The van der Waals surface area contributed by atoms with Crippen LogP contribution < -0.4 is 5.73 Å². The Morgan fingerprint density at radius 1 is 1.53 bits per heavy atom. The van der Waals surface area contributed by atoms with Gasteiger partial charge in [-0.3, -0.25) is 4.90 Å². The fourth-order valence-electron chi connectivity index (χ4n) is 1.88. The second-order valence-corrected chi connectivity index (χ2v) is 4.66. The summed E-state index contributed by atoms with van der Waals surface area (Å²) in [6, 6.07) is 2.52. The summed E-state index contributed by atoms with van der Waals surface area (Å²) in [4.78, 5) is 2.32. The van der Waals surface area contributed by atoms with Crippen molar-refractivity contribution >= 4 is 15.9 Å². The van der Waals surface area contributed by atoms with E-state index in [1.165, 1.54) is 0 Å². The lowest BCUT2D eigenvalue weighted by Gasteiger charge is -2.32. The van der Waals surface area contributed by atoms with Gasteiger partial charge in [0.15, 0.2) is 0 Å². The van der Waals surface area contributed by atoms with Crippen LogP contribution in [-0.2, 0) is 0 Å². The molecule has 0 bridgehead atoms. The molecule has 3 nitrogen and oxygen atoms in total. The molecule has 0 aromatic carbocycles. The maximum absolute atomic E-state index is 5.82. The molecule has 0 amide bonds. The summed E-state index contributed by atoms with van der Waals surface area (Å²) in [5, 5.41) is 0. The summed E-state index contributed by atoms with van der Waals surface area (Å²) in [5.74, 6) is 0.924. The number of hydrogen-bond donors (Lipinski definition) is 1. The summed E-state index contributed by atoms with van der Waals surface area (Å²) in [6.45, 7) is 8.01. The molecule has 1 aromatic heterocycles. The maximum atomic E-state index is 5.82. The molecule has 86 valence electrons. The van der Waals surface area contributed by atoms with Gasteiger partial charge in [-0.2, -0.15) is 0 Å². The third-order valence-corrected chi connectivity index (χ3v) is 3.25. The molecule has 0 saturated heterocycles. The van der Waals surface area contributed by atoms with Crippen LogP contribution in [0.3, 0.4) is 0 Å². The zero-order chi connectivity index (χ0) is 11.4. The van der Waals surface area contributed by atoms with E-state index in [9.17, 15) is 0 Å². The Morgan fingerprint density at radius 2 is 2.20 bits per heavy atom. The topological polar surface area (TPSA) is 42.4 Å². The molecule has 2 N–H and O–H groups in total. The van der Waals surface area contributed by atoms with Crippen LogP contribution in [0.2, 0.25) is 0 Å². The van der Waals surface area contributed by atoms with Crippen LogP contribution in [-0.4, -0.2) is 24.0 Å². The van der Waals surface area contributed by atoms with Gasteiger partial charge in [0.05, 0.1) is 16.8 Å². The summed E-state index contributed by atoms with van der Waals surface area (Å²) >= 11 is 3.48. The SMILES string of the molecule is CCN(C(C)C)C(CN)c1occc1Br. The van der Waals surface area contributed by atoms with Crippen LogP contribution in [0.25, 0.3) is 0 Å². The molecule has 0 saturated carbocycles. The first-order valence-electron chi connectivity index (χ1n) is 5.30. The van der Waals surface area contributed by atoms with E-state index in [4.69, 9.17) is 10.2 Å². The predicted molar refractivity (Wildman–Crippen MR) is 65.7 cm³/mol. The molecule has 0 aliphatic heterocycles. The van der Waals surface area contributed by atoms with Gasteiger partial charge in [-0.15, -0.1) is 0 Å². The Hall–Kier alpha value is -0.320. The van der Waals surface area contributed by atoms with Crippen LogP contribution in [0.15, 0.2) is 21.2 Å². The van der Waals surface area contributed by atoms with Gasteiger partial charge in [0.2, 0.25) is 0 Å². The Bertz CT molecular complexity index is 299. The highest BCUT2D eigenvalue weighted by atomic mass is 79.9. The molecule has 1 aromatic rings. The van der Waals surface area contributed by atoms with Crippen LogP contribution in [0.4, 0.5) is 0 Å². The van der Waals surface area contributed by atoms with Crippen molar-refractivity contribution < 1.29 is 4.42 Å².